The number of fused-ring (bicyclic) bond motifs is 3. The fourth-order valence-corrected chi connectivity index (χ4v) is 3.72. The van der Waals surface area contributed by atoms with Gasteiger partial charge < -0.3 is 0 Å². The summed E-state index contributed by atoms with van der Waals surface area (Å²) in [6.45, 7) is 16.2. The van der Waals surface area contributed by atoms with Crippen LogP contribution < -0.4 is 0 Å². The van der Waals surface area contributed by atoms with Crippen molar-refractivity contribution in [2.45, 2.75) is 78.1 Å². The second-order valence-corrected chi connectivity index (χ2v) is 9.61. The van der Waals surface area contributed by atoms with Gasteiger partial charge in [-0.1, -0.05) is 84.9 Å². The minimum atomic E-state index is 0.187. The van der Waals surface area contributed by atoms with Crippen molar-refractivity contribution in [3.05, 3.63) is 58.7 Å². The van der Waals surface area contributed by atoms with Crippen LogP contribution in [0.15, 0.2) is 36.4 Å². The van der Waals surface area contributed by atoms with E-state index >= 15 is 0 Å². The molecule has 0 radical (unpaired) electrons. The number of benzene rings is 2. The van der Waals surface area contributed by atoms with E-state index in [-0.39, 0.29) is 10.8 Å². The molecule has 0 heterocycles. The fraction of sp³-hybridized carbons (Fsp3) is 0.500. The zero-order valence-corrected chi connectivity index (χ0v) is 16.5. The normalized spacial score (nSPS) is 17.9. The lowest BCUT2D eigenvalue weighted by Crippen LogP contribution is -2.12. The highest BCUT2D eigenvalue weighted by Gasteiger charge is 2.24. The standard InChI is InChI=1S/C24H32/c1-16-8-9-17-10-11-18(23(2,3)4)14-21(17)22-15-19(24(5,6)7)12-13-20(16)22/h10-16H,8-9H2,1-7H3. The third-order valence-electron chi connectivity index (χ3n) is 5.56. The van der Waals surface area contributed by atoms with Crippen molar-refractivity contribution in [1.82, 2.24) is 0 Å². The zero-order valence-electron chi connectivity index (χ0n) is 16.5. The van der Waals surface area contributed by atoms with Crippen LogP contribution in [0.4, 0.5) is 0 Å². The average molecular weight is 321 g/mol. The quantitative estimate of drug-likeness (QED) is 0.490. The van der Waals surface area contributed by atoms with E-state index in [0.29, 0.717) is 5.92 Å². The Bertz CT molecular complexity index is 751. The third kappa shape index (κ3) is 3.16. The fourth-order valence-electron chi connectivity index (χ4n) is 3.72. The second-order valence-electron chi connectivity index (χ2n) is 9.61. The van der Waals surface area contributed by atoms with Crippen molar-refractivity contribution < 1.29 is 0 Å². The summed E-state index contributed by atoms with van der Waals surface area (Å²) >= 11 is 0. The van der Waals surface area contributed by atoms with E-state index in [4.69, 9.17) is 0 Å². The van der Waals surface area contributed by atoms with Crippen LogP contribution in [0, 0.1) is 0 Å². The van der Waals surface area contributed by atoms with Gasteiger partial charge in [0.15, 0.2) is 0 Å². The smallest absolute Gasteiger partial charge is 0.0132 e. The lowest BCUT2D eigenvalue weighted by molar-refractivity contribution is 0.589. The van der Waals surface area contributed by atoms with Crippen molar-refractivity contribution >= 4 is 0 Å². The lowest BCUT2D eigenvalue weighted by atomic mass is 9.80. The van der Waals surface area contributed by atoms with Crippen LogP contribution >= 0.6 is 0 Å². The summed E-state index contributed by atoms with van der Waals surface area (Å²) in [4.78, 5) is 0. The van der Waals surface area contributed by atoms with Crippen LogP contribution in [0.2, 0.25) is 0 Å². The number of hydrogen-bond donors (Lipinski definition) is 0. The van der Waals surface area contributed by atoms with E-state index in [1.165, 1.54) is 46.2 Å². The maximum Gasteiger partial charge on any atom is -0.0132 e. The number of rotatable bonds is 0. The van der Waals surface area contributed by atoms with Gasteiger partial charge in [0.05, 0.1) is 0 Å². The molecular formula is C24H32. The third-order valence-corrected chi connectivity index (χ3v) is 5.56. The summed E-state index contributed by atoms with van der Waals surface area (Å²) < 4.78 is 0. The summed E-state index contributed by atoms with van der Waals surface area (Å²) in [5.41, 5.74) is 9.21. The predicted molar refractivity (Wildman–Crippen MR) is 106 cm³/mol. The minimum absolute atomic E-state index is 0.187. The van der Waals surface area contributed by atoms with Gasteiger partial charge in [0, 0.05) is 0 Å². The largest absolute Gasteiger partial charge is 0.0584 e. The van der Waals surface area contributed by atoms with E-state index < -0.39 is 0 Å². The predicted octanol–water partition coefficient (Wildman–Crippen LogP) is 7.00. The van der Waals surface area contributed by atoms with Crippen LogP contribution in [-0.2, 0) is 17.3 Å². The Balaban J connectivity index is 2.26. The molecular weight excluding hydrogens is 288 g/mol. The Morgan fingerprint density at radius 1 is 0.750 bits per heavy atom. The van der Waals surface area contributed by atoms with Crippen molar-refractivity contribution in [3.63, 3.8) is 0 Å². The first kappa shape index (κ1) is 17.3. The molecule has 128 valence electrons. The van der Waals surface area contributed by atoms with Crippen LogP contribution in [0.1, 0.15) is 83.1 Å². The molecule has 1 aliphatic rings. The molecule has 2 aromatic rings. The molecule has 24 heavy (non-hydrogen) atoms. The van der Waals surface area contributed by atoms with Gasteiger partial charge in [0.2, 0.25) is 0 Å². The molecule has 0 N–H and O–H groups in total. The van der Waals surface area contributed by atoms with Gasteiger partial charge in [0.1, 0.15) is 0 Å². The van der Waals surface area contributed by atoms with Gasteiger partial charge in [-0.05, 0) is 63.0 Å². The molecule has 0 heteroatoms. The molecule has 1 aliphatic carbocycles. The van der Waals surface area contributed by atoms with Gasteiger partial charge in [-0.15, -0.1) is 0 Å². The molecule has 2 aromatic carbocycles. The first-order valence-electron chi connectivity index (χ1n) is 9.35. The Morgan fingerprint density at radius 2 is 1.29 bits per heavy atom. The molecule has 0 nitrogen and oxygen atoms in total. The molecule has 0 saturated carbocycles. The molecule has 0 aromatic heterocycles. The molecule has 0 amide bonds. The van der Waals surface area contributed by atoms with Crippen molar-refractivity contribution in [1.29, 1.82) is 0 Å². The van der Waals surface area contributed by atoms with Crippen molar-refractivity contribution in [2.75, 3.05) is 0 Å². The Labute approximate surface area is 148 Å². The Hall–Kier alpha value is -1.56. The Kier molecular flexibility index (Phi) is 4.14. The highest BCUT2D eigenvalue weighted by atomic mass is 14.3. The molecule has 0 aliphatic heterocycles. The van der Waals surface area contributed by atoms with E-state index in [9.17, 15) is 0 Å². The van der Waals surface area contributed by atoms with Crippen molar-refractivity contribution in [3.8, 4) is 11.1 Å². The van der Waals surface area contributed by atoms with Crippen LogP contribution in [0.25, 0.3) is 11.1 Å². The molecule has 0 saturated heterocycles. The summed E-state index contributed by atoms with van der Waals surface area (Å²) in [5.74, 6) is 0.625. The first-order valence-corrected chi connectivity index (χ1v) is 9.35. The summed E-state index contributed by atoms with van der Waals surface area (Å²) in [6.07, 6.45) is 2.42. The van der Waals surface area contributed by atoms with Crippen molar-refractivity contribution in [2.24, 2.45) is 0 Å². The van der Waals surface area contributed by atoms with Gasteiger partial charge in [-0.25, -0.2) is 0 Å². The summed E-state index contributed by atoms with van der Waals surface area (Å²) in [7, 11) is 0. The molecule has 1 atom stereocenters. The average Bonchev–Trinajstić information content (AvgIpc) is 2.63. The molecule has 1 unspecified atom stereocenters. The molecule has 3 rings (SSSR count). The zero-order chi connectivity index (χ0) is 17.7. The maximum absolute atomic E-state index is 2.46. The summed E-state index contributed by atoms with van der Waals surface area (Å²) in [5, 5.41) is 0. The van der Waals surface area contributed by atoms with Crippen LogP contribution in [0.3, 0.4) is 0 Å². The Morgan fingerprint density at radius 3 is 1.88 bits per heavy atom. The van der Waals surface area contributed by atoms with Crippen LogP contribution in [0.5, 0.6) is 0 Å². The van der Waals surface area contributed by atoms with Gasteiger partial charge >= 0.3 is 0 Å². The van der Waals surface area contributed by atoms with Gasteiger partial charge in [-0.3, -0.25) is 0 Å². The van der Waals surface area contributed by atoms with Gasteiger partial charge in [0.25, 0.3) is 0 Å². The monoisotopic (exact) mass is 320 g/mol. The minimum Gasteiger partial charge on any atom is -0.0584 e. The number of aryl methyl sites for hydroxylation is 1. The summed E-state index contributed by atoms with van der Waals surface area (Å²) in [6, 6.07) is 14.4. The van der Waals surface area contributed by atoms with E-state index in [0.717, 1.165) is 0 Å². The molecule has 0 fully saturated rings. The molecule has 0 bridgehead atoms. The SMILES string of the molecule is CC1CCc2ccc(C(C)(C)C)cc2-c2cc(C(C)(C)C)ccc21. The topological polar surface area (TPSA) is 0 Å². The first-order chi connectivity index (χ1) is 11.1. The highest BCUT2D eigenvalue weighted by Crippen LogP contribution is 2.41. The lowest BCUT2D eigenvalue weighted by Gasteiger charge is -2.24. The highest BCUT2D eigenvalue weighted by molar-refractivity contribution is 5.74. The van der Waals surface area contributed by atoms with Gasteiger partial charge in [-0.2, -0.15) is 0 Å². The second kappa shape index (κ2) is 5.76. The van der Waals surface area contributed by atoms with Crippen LogP contribution in [-0.4, -0.2) is 0 Å². The molecule has 0 spiro atoms. The van der Waals surface area contributed by atoms with E-state index in [1.54, 1.807) is 0 Å². The number of hydrogen-bond acceptors (Lipinski definition) is 0. The van der Waals surface area contributed by atoms with E-state index in [1.807, 2.05) is 0 Å². The maximum atomic E-state index is 2.46. The van der Waals surface area contributed by atoms with E-state index in [2.05, 4.69) is 84.9 Å².